The Kier molecular flexibility index (Phi) is 2.54. The van der Waals surface area contributed by atoms with Gasteiger partial charge in [-0.05, 0) is 48.6 Å². The molecule has 0 atom stereocenters. The predicted octanol–water partition coefficient (Wildman–Crippen LogP) is 2.47. The summed E-state index contributed by atoms with van der Waals surface area (Å²) in [7, 11) is 0. The number of hydrogen-bond donors (Lipinski definition) is 2. The summed E-state index contributed by atoms with van der Waals surface area (Å²) in [6.07, 6.45) is 4.70. The van der Waals surface area contributed by atoms with Crippen molar-refractivity contribution in [3.05, 3.63) is 41.6 Å². The van der Waals surface area contributed by atoms with Crippen LogP contribution in [0.5, 0.6) is 5.75 Å². The van der Waals surface area contributed by atoms with Crippen molar-refractivity contribution in [3.8, 4) is 17.0 Å². The topological polar surface area (TPSA) is 84.9 Å². The molecule has 0 radical (unpaired) electrons. The van der Waals surface area contributed by atoms with E-state index in [1.807, 2.05) is 18.2 Å². The predicted molar refractivity (Wildman–Crippen MR) is 80.9 cm³/mol. The van der Waals surface area contributed by atoms with Crippen molar-refractivity contribution in [2.75, 3.05) is 5.73 Å². The summed E-state index contributed by atoms with van der Waals surface area (Å²) in [5.41, 5.74) is 10.0. The van der Waals surface area contributed by atoms with Crippen LogP contribution in [-0.2, 0) is 12.8 Å². The highest BCUT2D eigenvalue weighted by molar-refractivity contribution is 5.98. The Balaban J connectivity index is 2.02. The summed E-state index contributed by atoms with van der Waals surface area (Å²) >= 11 is 0. The van der Waals surface area contributed by atoms with Crippen LogP contribution in [0, 0.1) is 0 Å². The number of nitrogens with zero attached hydrogens (tertiary/aromatic N) is 3. The van der Waals surface area contributed by atoms with E-state index in [-0.39, 0.29) is 0 Å². The molecule has 0 bridgehead atoms. The normalized spacial score (nSPS) is 13.5. The van der Waals surface area contributed by atoms with Gasteiger partial charge in [0, 0.05) is 17.1 Å². The van der Waals surface area contributed by atoms with E-state index in [0.29, 0.717) is 28.3 Å². The maximum atomic E-state index is 10.6. The summed E-state index contributed by atoms with van der Waals surface area (Å²) in [6.45, 7) is 0. The number of aromatic hydroxyl groups is 1. The minimum absolute atomic E-state index is 0.301. The van der Waals surface area contributed by atoms with Gasteiger partial charge in [-0.3, -0.25) is 4.98 Å². The third-order valence-corrected chi connectivity index (χ3v) is 4.07. The van der Waals surface area contributed by atoms with Crippen molar-refractivity contribution in [3.63, 3.8) is 0 Å². The number of benzene rings is 1. The van der Waals surface area contributed by atoms with Gasteiger partial charge in [0.15, 0.2) is 5.82 Å². The highest BCUT2D eigenvalue weighted by Crippen LogP contribution is 2.39. The maximum absolute atomic E-state index is 10.6. The lowest BCUT2D eigenvalue weighted by Crippen LogP contribution is -1.99. The fourth-order valence-corrected chi connectivity index (χ4v) is 3.04. The summed E-state index contributed by atoms with van der Waals surface area (Å²) in [5.74, 6) is 0.615. The smallest absolute Gasteiger partial charge is 0.172 e. The quantitative estimate of drug-likeness (QED) is 0.714. The zero-order valence-electron chi connectivity index (χ0n) is 11.4. The Bertz CT molecular complexity index is 860. The van der Waals surface area contributed by atoms with Gasteiger partial charge >= 0.3 is 0 Å². The minimum atomic E-state index is 0.301. The molecule has 0 spiro atoms. The second-order valence-electron chi connectivity index (χ2n) is 5.29. The van der Waals surface area contributed by atoms with Crippen molar-refractivity contribution in [1.29, 1.82) is 0 Å². The first kappa shape index (κ1) is 12.1. The number of phenols is 1. The molecule has 1 aliphatic rings. The monoisotopic (exact) mass is 278 g/mol. The highest BCUT2D eigenvalue weighted by atomic mass is 16.3. The number of phenolic OH excluding ortho intramolecular Hbond substituents is 1. The van der Waals surface area contributed by atoms with Gasteiger partial charge in [0.1, 0.15) is 17.0 Å². The molecular formula is C16H14N4O. The Labute approximate surface area is 121 Å². The molecule has 0 aliphatic heterocycles. The van der Waals surface area contributed by atoms with E-state index in [9.17, 15) is 5.11 Å². The first-order chi connectivity index (χ1) is 10.3. The van der Waals surface area contributed by atoms with E-state index in [4.69, 9.17) is 5.73 Å². The van der Waals surface area contributed by atoms with Crippen LogP contribution in [0.15, 0.2) is 30.5 Å². The standard InChI is InChI=1S/C16H14N4O/c17-16-14-11(5-2-8-18-14)13(19-20-16)12-7-6-9-3-1-4-10(9)15(12)21/h2,5-8,21H,1,3-4H2,(H2,17,20). The maximum Gasteiger partial charge on any atom is 0.172 e. The van der Waals surface area contributed by atoms with Crippen molar-refractivity contribution in [2.24, 2.45) is 0 Å². The van der Waals surface area contributed by atoms with Crippen LogP contribution in [0.3, 0.4) is 0 Å². The molecule has 1 aromatic carbocycles. The number of nitrogen functional groups attached to an aromatic ring is 1. The first-order valence-corrected chi connectivity index (χ1v) is 6.96. The molecule has 1 aliphatic carbocycles. The Morgan fingerprint density at radius 1 is 1.10 bits per heavy atom. The number of rotatable bonds is 1. The third-order valence-electron chi connectivity index (χ3n) is 4.07. The first-order valence-electron chi connectivity index (χ1n) is 6.96. The fraction of sp³-hybridized carbons (Fsp3) is 0.188. The molecule has 0 fully saturated rings. The van der Waals surface area contributed by atoms with Crippen LogP contribution in [0.1, 0.15) is 17.5 Å². The molecule has 0 amide bonds. The number of fused-ring (bicyclic) bond motifs is 2. The molecule has 0 saturated heterocycles. The molecule has 0 saturated carbocycles. The SMILES string of the molecule is Nc1nnc(-c2ccc3c(c2O)CCC3)c2cccnc12. The lowest BCUT2D eigenvalue weighted by atomic mass is 10.00. The third kappa shape index (κ3) is 1.74. The number of anilines is 1. The van der Waals surface area contributed by atoms with Gasteiger partial charge in [0.2, 0.25) is 0 Å². The summed E-state index contributed by atoms with van der Waals surface area (Å²) in [5, 5.41) is 19.5. The number of hydrogen-bond acceptors (Lipinski definition) is 5. The van der Waals surface area contributed by atoms with Crippen molar-refractivity contribution < 1.29 is 5.11 Å². The van der Waals surface area contributed by atoms with Crippen LogP contribution < -0.4 is 5.73 Å². The van der Waals surface area contributed by atoms with Gasteiger partial charge in [0.25, 0.3) is 0 Å². The lowest BCUT2D eigenvalue weighted by Gasteiger charge is -2.11. The van der Waals surface area contributed by atoms with Crippen LogP contribution in [0.25, 0.3) is 22.2 Å². The zero-order chi connectivity index (χ0) is 14.4. The van der Waals surface area contributed by atoms with E-state index in [0.717, 1.165) is 30.2 Å². The minimum Gasteiger partial charge on any atom is -0.507 e. The van der Waals surface area contributed by atoms with Crippen molar-refractivity contribution >= 4 is 16.7 Å². The summed E-state index contributed by atoms with van der Waals surface area (Å²) < 4.78 is 0. The van der Waals surface area contributed by atoms with Gasteiger partial charge in [-0.25, -0.2) is 0 Å². The molecule has 3 aromatic rings. The largest absolute Gasteiger partial charge is 0.507 e. The number of aromatic nitrogens is 3. The van der Waals surface area contributed by atoms with Crippen LogP contribution in [0.2, 0.25) is 0 Å². The van der Waals surface area contributed by atoms with E-state index in [2.05, 4.69) is 21.2 Å². The van der Waals surface area contributed by atoms with E-state index in [1.165, 1.54) is 5.56 Å². The van der Waals surface area contributed by atoms with Gasteiger partial charge in [-0.1, -0.05) is 6.07 Å². The molecule has 0 unspecified atom stereocenters. The van der Waals surface area contributed by atoms with Crippen LogP contribution in [0.4, 0.5) is 5.82 Å². The highest BCUT2D eigenvalue weighted by Gasteiger charge is 2.20. The Hall–Kier alpha value is -2.69. The molecule has 5 heteroatoms. The van der Waals surface area contributed by atoms with E-state index < -0.39 is 0 Å². The van der Waals surface area contributed by atoms with Gasteiger partial charge in [0.05, 0.1) is 0 Å². The van der Waals surface area contributed by atoms with E-state index >= 15 is 0 Å². The van der Waals surface area contributed by atoms with Crippen molar-refractivity contribution in [2.45, 2.75) is 19.3 Å². The molecular weight excluding hydrogens is 264 g/mol. The molecule has 4 rings (SSSR count). The Morgan fingerprint density at radius 3 is 2.90 bits per heavy atom. The van der Waals surface area contributed by atoms with Gasteiger partial charge < -0.3 is 10.8 Å². The lowest BCUT2D eigenvalue weighted by molar-refractivity contribution is 0.471. The average Bonchev–Trinajstić information content (AvgIpc) is 2.99. The van der Waals surface area contributed by atoms with Crippen molar-refractivity contribution in [1.82, 2.24) is 15.2 Å². The number of aryl methyl sites for hydroxylation is 1. The fourth-order valence-electron chi connectivity index (χ4n) is 3.04. The number of nitrogens with two attached hydrogens (primary N) is 1. The molecule has 2 aromatic heterocycles. The molecule has 5 nitrogen and oxygen atoms in total. The molecule has 2 heterocycles. The van der Waals surface area contributed by atoms with Crippen LogP contribution >= 0.6 is 0 Å². The number of pyridine rings is 1. The second-order valence-corrected chi connectivity index (χ2v) is 5.29. The molecule has 3 N–H and O–H groups in total. The van der Waals surface area contributed by atoms with E-state index in [1.54, 1.807) is 6.20 Å². The zero-order valence-corrected chi connectivity index (χ0v) is 11.4. The average molecular weight is 278 g/mol. The molecule has 21 heavy (non-hydrogen) atoms. The van der Waals surface area contributed by atoms with Gasteiger partial charge in [-0.15, -0.1) is 10.2 Å². The summed E-state index contributed by atoms with van der Waals surface area (Å²) in [6, 6.07) is 7.70. The second kappa shape index (κ2) is 4.41. The Morgan fingerprint density at radius 2 is 2.00 bits per heavy atom. The molecule has 104 valence electrons. The van der Waals surface area contributed by atoms with Crippen LogP contribution in [-0.4, -0.2) is 20.3 Å². The summed E-state index contributed by atoms with van der Waals surface area (Å²) in [4.78, 5) is 4.26. The van der Waals surface area contributed by atoms with Gasteiger partial charge in [-0.2, -0.15) is 0 Å².